The van der Waals surface area contributed by atoms with E-state index in [1.165, 1.54) is 0 Å². The van der Waals surface area contributed by atoms with E-state index in [0.717, 1.165) is 6.42 Å². The fraction of sp³-hybridized carbons (Fsp3) is 0.462. The van der Waals surface area contributed by atoms with Crippen LogP contribution in [0, 0.1) is 5.41 Å². The number of rotatable bonds is 4. The minimum Gasteiger partial charge on any atom is -0.495 e. The maximum Gasteiger partial charge on any atom is 0.235 e. The number of methoxy groups -OCH3 is 1. The number of ether oxygens (including phenoxy) is 2. The summed E-state index contributed by atoms with van der Waals surface area (Å²) in [5.74, 6) is 0.552. The molecule has 0 atom stereocenters. The monoisotopic (exact) mass is 269 g/mol. The summed E-state index contributed by atoms with van der Waals surface area (Å²) in [5.41, 5.74) is 0.183. The Morgan fingerprint density at radius 2 is 2.28 bits per heavy atom. The van der Waals surface area contributed by atoms with Crippen molar-refractivity contribution in [2.24, 2.45) is 5.41 Å². The molecular weight excluding hydrogens is 254 g/mol. The molecule has 0 aliphatic carbocycles. The van der Waals surface area contributed by atoms with E-state index in [2.05, 4.69) is 5.32 Å². The lowest BCUT2D eigenvalue weighted by Crippen LogP contribution is -2.51. The van der Waals surface area contributed by atoms with Crippen molar-refractivity contribution in [3.05, 3.63) is 23.2 Å². The van der Waals surface area contributed by atoms with Crippen LogP contribution in [0.25, 0.3) is 0 Å². The minimum absolute atomic E-state index is 0.0446. The highest BCUT2D eigenvalue weighted by molar-refractivity contribution is 6.31. The lowest BCUT2D eigenvalue weighted by molar-refractivity contribution is -0.156. The molecule has 0 radical (unpaired) electrons. The second-order valence-electron chi connectivity index (χ2n) is 4.43. The third kappa shape index (κ3) is 2.31. The molecule has 98 valence electrons. The van der Waals surface area contributed by atoms with Crippen LogP contribution >= 0.6 is 11.6 Å². The van der Waals surface area contributed by atoms with Gasteiger partial charge in [0.1, 0.15) is 5.75 Å². The van der Waals surface area contributed by atoms with Gasteiger partial charge in [-0.15, -0.1) is 0 Å². The molecule has 1 aromatic carbocycles. The average Bonchev–Trinajstić information content (AvgIpc) is 2.28. The SMILES string of the molecule is CCC1(C(=O)Nc2cc(Cl)ccc2OC)COC1. The van der Waals surface area contributed by atoms with E-state index in [1.54, 1.807) is 25.3 Å². The van der Waals surface area contributed by atoms with E-state index in [-0.39, 0.29) is 5.91 Å². The van der Waals surface area contributed by atoms with Gasteiger partial charge < -0.3 is 14.8 Å². The zero-order valence-electron chi connectivity index (χ0n) is 10.5. The van der Waals surface area contributed by atoms with E-state index < -0.39 is 5.41 Å². The van der Waals surface area contributed by atoms with Crippen LogP contribution < -0.4 is 10.1 Å². The zero-order valence-corrected chi connectivity index (χ0v) is 11.2. The van der Waals surface area contributed by atoms with Crippen molar-refractivity contribution in [2.75, 3.05) is 25.6 Å². The Hall–Kier alpha value is -1.26. The molecule has 0 spiro atoms. The number of hydrogen-bond acceptors (Lipinski definition) is 3. The van der Waals surface area contributed by atoms with Crippen molar-refractivity contribution in [3.63, 3.8) is 0 Å². The first-order valence-corrected chi connectivity index (χ1v) is 6.22. The Labute approximate surface area is 111 Å². The zero-order chi connectivity index (χ0) is 13.2. The first-order valence-electron chi connectivity index (χ1n) is 5.84. The lowest BCUT2D eigenvalue weighted by atomic mass is 9.82. The number of benzene rings is 1. The van der Waals surface area contributed by atoms with Gasteiger partial charge in [-0.05, 0) is 24.6 Å². The number of amides is 1. The molecule has 1 saturated heterocycles. The van der Waals surface area contributed by atoms with Gasteiger partial charge in [-0.1, -0.05) is 18.5 Å². The van der Waals surface area contributed by atoms with Crippen LogP contribution in [0.1, 0.15) is 13.3 Å². The second-order valence-corrected chi connectivity index (χ2v) is 4.86. The highest BCUT2D eigenvalue weighted by atomic mass is 35.5. The molecule has 1 aliphatic heterocycles. The van der Waals surface area contributed by atoms with Crippen molar-refractivity contribution < 1.29 is 14.3 Å². The molecule has 0 aromatic heterocycles. The number of halogens is 1. The van der Waals surface area contributed by atoms with Crippen LogP contribution in [0.2, 0.25) is 5.02 Å². The van der Waals surface area contributed by atoms with Gasteiger partial charge in [0.25, 0.3) is 0 Å². The largest absolute Gasteiger partial charge is 0.495 e. The van der Waals surface area contributed by atoms with Gasteiger partial charge >= 0.3 is 0 Å². The van der Waals surface area contributed by atoms with E-state index in [0.29, 0.717) is 29.7 Å². The summed E-state index contributed by atoms with van der Waals surface area (Å²) in [7, 11) is 1.56. The molecule has 1 aromatic rings. The highest BCUT2D eigenvalue weighted by Gasteiger charge is 2.44. The Bertz CT molecular complexity index is 452. The van der Waals surface area contributed by atoms with E-state index in [1.807, 2.05) is 6.92 Å². The fourth-order valence-corrected chi connectivity index (χ4v) is 2.05. The van der Waals surface area contributed by atoms with Crippen LogP contribution in [-0.2, 0) is 9.53 Å². The third-order valence-electron chi connectivity index (χ3n) is 3.32. The molecular formula is C13H16ClNO3. The van der Waals surface area contributed by atoms with Crippen molar-refractivity contribution >= 4 is 23.2 Å². The van der Waals surface area contributed by atoms with Crippen molar-refractivity contribution in [1.29, 1.82) is 0 Å². The topological polar surface area (TPSA) is 47.6 Å². The predicted molar refractivity (Wildman–Crippen MR) is 70.2 cm³/mol. The lowest BCUT2D eigenvalue weighted by Gasteiger charge is -2.39. The van der Waals surface area contributed by atoms with Gasteiger partial charge in [0.2, 0.25) is 5.91 Å². The molecule has 0 bridgehead atoms. The summed E-state index contributed by atoms with van der Waals surface area (Å²) in [6, 6.07) is 5.13. The molecule has 5 heteroatoms. The molecule has 4 nitrogen and oxygen atoms in total. The molecule has 1 aliphatic rings. The molecule has 0 unspecified atom stereocenters. The van der Waals surface area contributed by atoms with Gasteiger partial charge in [-0.2, -0.15) is 0 Å². The third-order valence-corrected chi connectivity index (χ3v) is 3.56. The van der Waals surface area contributed by atoms with Crippen LogP contribution in [-0.4, -0.2) is 26.2 Å². The van der Waals surface area contributed by atoms with Crippen molar-refractivity contribution in [2.45, 2.75) is 13.3 Å². The Kier molecular flexibility index (Phi) is 3.78. The number of nitrogens with one attached hydrogen (secondary N) is 1. The molecule has 1 N–H and O–H groups in total. The summed E-state index contributed by atoms with van der Waals surface area (Å²) in [6.45, 7) is 2.92. The predicted octanol–water partition coefficient (Wildman–Crippen LogP) is 2.71. The number of carbonyl (C=O) groups is 1. The summed E-state index contributed by atoms with van der Waals surface area (Å²) < 4.78 is 10.3. The van der Waals surface area contributed by atoms with Gasteiger partial charge in [0, 0.05) is 5.02 Å². The van der Waals surface area contributed by atoms with E-state index in [9.17, 15) is 4.79 Å². The normalized spacial score (nSPS) is 16.8. The second kappa shape index (κ2) is 5.16. The van der Waals surface area contributed by atoms with Gasteiger partial charge in [0.05, 0.1) is 31.4 Å². The van der Waals surface area contributed by atoms with Crippen LogP contribution in [0.5, 0.6) is 5.75 Å². The minimum atomic E-state index is -0.409. The Morgan fingerprint density at radius 3 is 2.78 bits per heavy atom. The van der Waals surface area contributed by atoms with Gasteiger partial charge in [-0.25, -0.2) is 0 Å². The van der Waals surface area contributed by atoms with Crippen molar-refractivity contribution in [3.8, 4) is 5.75 Å². The Balaban J connectivity index is 2.18. The smallest absolute Gasteiger partial charge is 0.235 e. The maximum absolute atomic E-state index is 12.2. The number of hydrogen-bond donors (Lipinski definition) is 1. The van der Waals surface area contributed by atoms with Gasteiger partial charge in [-0.3, -0.25) is 4.79 Å². The summed E-state index contributed by atoms with van der Waals surface area (Å²) in [5, 5.41) is 3.42. The van der Waals surface area contributed by atoms with E-state index in [4.69, 9.17) is 21.1 Å². The molecule has 18 heavy (non-hydrogen) atoms. The number of carbonyl (C=O) groups excluding carboxylic acids is 1. The van der Waals surface area contributed by atoms with Crippen LogP contribution in [0.4, 0.5) is 5.69 Å². The molecule has 1 fully saturated rings. The van der Waals surface area contributed by atoms with Crippen molar-refractivity contribution in [1.82, 2.24) is 0 Å². The first-order chi connectivity index (χ1) is 8.61. The van der Waals surface area contributed by atoms with Crippen LogP contribution in [0.3, 0.4) is 0 Å². The standard InChI is InChI=1S/C13H16ClNO3/c1-3-13(7-18-8-13)12(16)15-10-6-9(14)4-5-11(10)17-2/h4-6H,3,7-8H2,1-2H3,(H,15,16). The van der Waals surface area contributed by atoms with Crippen LogP contribution in [0.15, 0.2) is 18.2 Å². The van der Waals surface area contributed by atoms with Gasteiger partial charge in [0.15, 0.2) is 0 Å². The molecule has 2 rings (SSSR count). The average molecular weight is 270 g/mol. The maximum atomic E-state index is 12.2. The quantitative estimate of drug-likeness (QED) is 0.914. The summed E-state index contributed by atoms with van der Waals surface area (Å²) in [4.78, 5) is 12.2. The van der Waals surface area contributed by atoms with E-state index >= 15 is 0 Å². The molecule has 0 saturated carbocycles. The summed E-state index contributed by atoms with van der Waals surface area (Å²) >= 11 is 5.92. The first kappa shape index (κ1) is 13.2. The highest BCUT2D eigenvalue weighted by Crippen LogP contribution is 2.35. The molecule has 1 amide bonds. The Morgan fingerprint density at radius 1 is 1.56 bits per heavy atom. The fourth-order valence-electron chi connectivity index (χ4n) is 1.88. The number of anilines is 1. The summed E-state index contributed by atoms with van der Waals surface area (Å²) in [6.07, 6.45) is 0.752. The molecule has 1 heterocycles.